The molecule has 0 saturated carbocycles. The zero-order valence-corrected chi connectivity index (χ0v) is 21.5. The van der Waals surface area contributed by atoms with E-state index in [0.717, 1.165) is 84.5 Å². The van der Waals surface area contributed by atoms with Gasteiger partial charge in [0.25, 0.3) is 5.92 Å². The average Bonchev–Trinajstić information content (AvgIpc) is 3.25. The van der Waals surface area contributed by atoms with Crippen molar-refractivity contribution >= 4 is 11.5 Å². The van der Waals surface area contributed by atoms with Crippen LogP contribution in [0.25, 0.3) is 5.57 Å². The van der Waals surface area contributed by atoms with Crippen LogP contribution >= 0.6 is 0 Å². The molecule has 1 atom stereocenters. The molecule has 0 radical (unpaired) electrons. The molecule has 1 fully saturated rings. The number of carboxylic acids is 1. The number of halogens is 3. The summed E-state index contributed by atoms with van der Waals surface area (Å²) >= 11 is 0. The van der Waals surface area contributed by atoms with Gasteiger partial charge in [0.05, 0.1) is 12.2 Å². The molecule has 7 heteroatoms. The van der Waals surface area contributed by atoms with E-state index in [1.54, 1.807) is 18.2 Å². The second-order valence-electron chi connectivity index (χ2n) is 10.6. The van der Waals surface area contributed by atoms with Gasteiger partial charge in [-0.15, -0.1) is 0 Å². The second kappa shape index (κ2) is 11.4. The minimum atomic E-state index is -2.67. The number of benzene rings is 2. The lowest BCUT2D eigenvalue weighted by atomic mass is 9.83. The number of aryl methyl sites for hydroxylation is 1. The Kier molecular flexibility index (Phi) is 7.93. The van der Waals surface area contributed by atoms with E-state index in [1.807, 2.05) is 30.3 Å². The summed E-state index contributed by atoms with van der Waals surface area (Å²) < 4.78 is 46.9. The number of nitrogens with zero attached hydrogens (tertiary/aromatic N) is 1. The van der Waals surface area contributed by atoms with Crippen LogP contribution in [0.1, 0.15) is 72.0 Å². The van der Waals surface area contributed by atoms with Crippen molar-refractivity contribution in [3.05, 3.63) is 81.9 Å². The average molecular weight is 526 g/mol. The Morgan fingerprint density at radius 3 is 2.76 bits per heavy atom. The van der Waals surface area contributed by atoms with E-state index >= 15 is 0 Å². The molecule has 3 aliphatic rings. The SMILES string of the molecule is O=C(O)c1ccc2c(c1)CCCC(C1=CCC(F)(F)CC1)=C2c1cccc(O[C@@H]2CCN(CCCF)C2)c1. The lowest BCUT2D eigenvalue weighted by Crippen LogP contribution is -2.26. The van der Waals surface area contributed by atoms with Gasteiger partial charge in [-0.1, -0.05) is 24.3 Å². The highest BCUT2D eigenvalue weighted by molar-refractivity contribution is 5.91. The molecule has 0 bridgehead atoms. The largest absolute Gasteiger partial charge is 0.489 e. The number of rotatable bonds is 8. The van der Waals surface area contributed by atoms with Gasteiger partial charge in [-0.05, 0) is 96.2 Å². The van der Waals surface area contributed by atoms with Crippen molar-refractivity contribution in [3.8, 4) is 5.75 Å². The van der Waals surface area contributed by atoms with Crippen molar-refractivity contribution < 1.29 is 27.8 Å². The van der Waals surface area contributed by atoms with Gasteiger partial charge in [-0.25, -0.2) is 13.6 Å². The third kappa shape index (κ3) is 5.98. The molecule has 5 rings (SSSR count). The number of ether oxygens (including phenoxy) is 1. The molecule has 0 amide bonds. The third-order valence-electron chi connectivity index (χ3n) is 7.85. The molecular formula is C31H34F3NO3. The number of aromatic carboxylic acids is 1. The van der Waals surface area contributed by atoms with Crippen LogP contribution in [0.2, 0.25) is 0 Å². The van der Waals surface area contributed by atoms with Gasteiger partial charge in [0.2, 0.25) is 0 Å². The molecule has 0 aromatic heterocycles. The van der Waals surface area contributed by atoms with Crippen LogP contribution in [0.4, 0.5) is 13.2 Å². The molecule has 1 N–H and O–H groups in total. The number of alkyl halides is 3. The van der Waals surface area contributed by atoms with Gasteiger partial charge in [0.15, 0.2) is 0 Å². The molecule has 1 aliphatic heterocycles. The molecule has 2 aromatic rings. The first-order chi connectivity index (χ1) is 18.3. The number of fused-ring (bicyclic) bond motifs is 1. The first-order valence-electron chi connectivity index (χ1n) is 13.6. The molecule has 38 heavy (non-hydrogen) atoms. The van der Waals surface area contributed by atoms with E-state index in [1.165, 1.54) is 0 Å². The molecular weight excluding hydrogens is 491 g/mol. The molecule has 0 spiro atoms. The summed E-state index contributed by atoms with van der Waals surface area (Å²) in [5, 5.41) is 9.55. The van der Waals surface area contributed by atoms with Crippen LogP contribution in [0.15, 0.2) is 59.7 Å². The molecule has 2 aliphatic carbocycles. The van der Waals surface area contributed by atoms with Crippen molar-refractivity contribution in [3.63, 3.8) is 0 Å². The van der Waals surface area contributed by atoms with Crippen LogP contribution in [-0.2, 0) is 6.42 Å². The zero-order valence-electron chi connectivity index (χ0n) is 21.5. The summed E-state index contributed by atoms with van der Waals surface area (Å²) in [6, 6.07) is 13.1. The topological polar surface area (TPSA) is 49.8 Å². The molecule has 1 saturated heterocycles. The summed E-state index contributed by atoms with van der Waals surface area (Å²) in [5.74, 6) is -2.90. The minimum absolute atomic E-state index is 0.0288. The van der Waals surface area contributed by atoms with Crippen LogP contribution in [0, 0.1) is 0 Å². The van der Waals surface area contributed by atoms with E-state index < -0.39 is 11.9 Å². The van der Waals surface area contributed by atoms with Crippen molar-refractivity contribution in [1.82, 2.24) is 4.90 Å². The van der Waals surface area contributed by atoms with Crippen LogP contribution < -0.4 is 4.74 Å². The standard InChI is InChI=1S/C31H34F3NO3/c32-15-3-16-35-17-12-26(20-35)38-25-6-1-5-23(19-25)29-27(21-10-13-31(33,34)14-11-21)7-2-4-22-18-24(30(36)37)8-9-28(22)29/h1,5-6,8-10,18-19,26H,2-4,7,11-17,20H2,(H,36,37)/t26-/m1/s1. The normalized spacial score (nSPS) is 21.6. The van der Waals surface area contributed by atoms with Crippen molar-refractivity contribution in [2.75, 3.05) is 26.3 Å². The fourth-order valence-corrected chi connectivity index (χ4v) is 5.94. The predicted octanol–water partition coefficient (Wildman–Crippen LogP) is 7.08. The fourth-order valence-electron chi connectivity index (χ4n) is 5.94. The van der Waals surface area contributed by atoms with E-state index in [4.69, 9.17) is 4.74 Å². The number of carboxylic acid groups (broad SMARTS) is 1. The highest BCUT2D eigenvalue weighted by Crippen LogP contribution is 2.43. The quantitative estimate of drug-likeness (QED) is 0.400. The van der Waals surface area contributed by atoms with E-state index in [-0.39, 0.29) is 31.2 Å². The van der Waals surface area contributed by atoms with Crippen molar-refractivity contribution in [2.24, 2.45) is 0 Å². The van der Waals surface area contributed by atoms with Gasteiger partial charge in [0.1, 0.15) is 11.9 Å². The second-order valence-corrected chi connectivity index (χ2v) is 10.6. The fraction of sp³-hybridized carbons (Fsp3) is 0.452. The number of carbonyl (C=O) groups is 1. The monoisotopic (exact) mass is 525 g/mol. The maximum absolute atomic E-state index is 14.0. The Morgan fingerprint density at radius 1 is 1.13 bits per heavy atom. The van der Waals surface area contributed by atoms with Gasteiger partial charge in [0, 0.05) is 32.5 Å². The number of hydrogen-bond acceptors (Lipinski definition) is 3. The number of likely N-dealkylation sites (tertiary alicyclic amines) is 1. The highest BCUT2D eigenvalue weighted by atomic mass is 19.3. The van der Waals surface area contributed by atoms with Crippen LogP contribution in [0.3, 0.4) is 0 Å². The third-order valence-corrected chi connectivity index (χ3v) is 7.85. The maximum atomic E-state index is 14.0. The summed E-state index contributed by atoms with van der Waals surface area (Å²) in [6.45, 7) is 2.07. The molecule has 202 valence electrons. The van der Waals surface area contributed by atoms with E-state index in [2.05, 4.69) is 4.90 Å². The maximum Gasteiger partial charge on any atom is 0.335 e. The molecule has 1 heterocycles. The Hall–Kier alpha value is -3.06. The van der Waals surface area contributed by atoms with E-state index in [0.29, 0.717) is 12.8 Å². The smallest absolute Gasteiger partial charge is 0.335 e. The van der Waals surface area contributed by atoms with Crippen LogP contribution in [0.5, 0.6) is 5.75 Å². The van der Waals surface area contributed by atoms with Gasteiger partial charge in [-0.2, -0.15) is 0 Å². The van der Waals surface area contributed by atoms with Gasteiger partial charge < -0.3 is 9.84 Å². The Labute approximate surface area is 221 Å². The first kappa shape index (κ1) is 26.5. The van der Waals surface area contributed by atoms with Crippen molar-refractivity contribution in [1.29, 1.82) is 0 Å². The molecule has 0 unspecified atom stereocenters. The highest BCUT2D eigenvalue weighted by Gasteiger charge is 2.33. The summed E-state index contributed by atoms with van der Waals surface area (Å²) in [4.78, 5) is 13.9. The van der Waals surface area contributed by atoms with Crippen molar-refractivity contribution in [2.45, 2.75) is 63.4 Å². The van der Waals surface area contributed by atoms with Crippen LogP contribution in [-0.4, -0.2) is 54.3 Å². The minimum Gasteiger partial charge on any atom is -0.489 e. The Morgan fingerprint density at radius 2 is 2.00 bits per heavy atom. The number of hydrogen-bond donors (Lipinski definition) is 1. The predicted molar refractivity (Wildman–Crippen MR) is 142 cm³/mol. The number of allylic oxidation sites excluding steroid dienone is 3. The first-order valence-corrected chi connectivity index (χ1v) is 13.6. The molecule has 4 nitrogen and oxygen atoms in total. The van der Waals surface area contributed by atoms with Gasteiger partial charge >= 0.3 is 5.97 Å². The van der Waals surface area contributed by atoms with Gasteiger partial charge in [-0.3, -0.25) is 9.29 Å². The van der Waals surface area contributed by atoms with E-state index in [9.17, 15) is 23.1 Å². The molecule has 2 aromatic carbocycles. The lowest BCUT2D eigenvalue weighted by Gasteiger charge is -2.25. The summed E-state index contributed by atoms with van der Waals surface area (Å²) in [6.07, 6.45) is 5.31. The lowest BCUT2D eigenvalue weighted by molar-refractivity contribution is -0.00838. The zero-order chi connectivity index (χ0) is 26.7. The summed E-state index contributed by atoms with van der Waals surface area (Å²) in [5.41, 5.74) is 6.11. The Balaban J connectivity index is 1.52. The summed E-state index contributed by atoms with van der Waals surface area (Å²) in [7, 11) is 0. The Bertz CT molecular complexity index is 1250.